The topological polar surface area (TPSA) is 69.7 Å². The van der Waals surface area contributed by atoms with E-state index in [1.54, 1.807) is 16.7 Å². The molecule has 6 nitrogen and oxygen atoms in total. The number of likely N-dealkylation sites (tertiary alicyclic amines) is 1. The third-order valence-electron chi connectivity index (χ3n) is 5.96. The van der Waals surface area contributed by atoms with Crippen molar-refractivity contribution in [3.05, 3.63) is 24.3 Å². The van der Waals surface area contributed by atoms with Crippen LogP contribution in [0.1, 0.15) is 32.1 Å². The second kappa shape index (κ2) is 8.15. The molecular weight excluding hydrogens is 374 g/mol. The number of thioether (sulfide) groups is 1. The van der Waals surface area contributed by atoms with Crippen LogP contribution in [0.2, 0.25) is 0 Å². The smallest absolute Gasteiger partial charge is 0.228 e. The lowest BCUT2D eigenvalue weighted by molar-refractivity contribution is -0.137. The van der Waals surface area contributed by atoms with E-state index in [0.29, 0.717) is 19.6 Å². The molecule has 2 aliphatic heterocycles. The van der Waals surface area contributed by atoms with Crippen molar-refractivity contribution in [1.29, 1.82) is 0 Å². The minimum absolute atomic E-state index is 0.0156. The van der Waals surface area contributed by atoms with E-state index in [1.807, 2.05) is 35.4 Å². The van der Waals surface area contributed by atoms with E-state index in [4.69, 9.17) is 0 Å². The summed E-state index contributed by atoms with van der Waals surface area (Å²) in [5.74, 6) is 0.213. The number of rotatable bonds is 5. The van der Waals surface area contributed by atoms with Gasteiger partial charge in [-0.3, -0.25) is 14.4 Å². The van der Waals surface area contributed by atoms with Crippen LogP contribution in [0.4, 0.5) is 5.69 Å². The Morgan fingerprint density at radius 1 is 1.04 bits per heavy atom. The number of nitrogens with one attached hydrogen (secondary N) is 1. The molecule has 7 heteroatoms. The maximum Gasteiger partial charge on any atom is 0.228 e. The number of amides is 3. The van der Waals surface area contributed by atoms with E-state index in [-0.39, 0.29) is 42.0 Å². The van der Waals surface area contributed by atoms with Crippen molar-refractivity contribution in [3.8, 4) is 0 Å². The Bertz CT molecular complexity index is 755. The molecule has 1 aromatic carbocycles. The molecular formula is C21H27N3O3S. The van der Waals surface area contributed by atoms with Crippen molar-refractivity contribution in [3.63, 3.8) is 0 Å². The van der Waals surface area contributed by atoms with Gasteiger partial charge in [0.2, 0.25) is 17.7 Å². The molecule has 28 heavy (non-hydrogen) atoms. The number of hydrogen-bond donors (Lipinski definition) is 1. The molecule has 1 N–H and O–H groups in total. The highest BCUT2D eigenvalue weighted by Gasteiger charge is 2.38. The first-order valence-corrected chi connectivity index (χ1v) is 11.3. The molecule has 1 unspecified atom stereocenters. The zero-order valence-electron chi connectivity index (χ0n) is 16.2. The van der Waals surface area contributed by atoms with Gasteiger partial charge in [-0.15, -0.1) is 11.8 Å². The van der Waals surface area contributed by atoms with Gasteiger partial charge in [0.15, 0.2) is 0 Å². The zero-order valence-corrected chi connectivity index (χ0v) is 17.0. The highest BCUT2D eigenvalue weighted by molar-refractivity contribution is 7.98. The maximum atomic E-state index is 12.9. The van der Waals surface area contributed by atoms with Crippen LogP contribution in [-0.2, 0) is 14.4 Å². The van der Waals surface area contributed by atoms with Crippen LogP contribution in [0.15, 0.2) is 29.2 Å². The number of carbonyl (C=O) groups is 3. The van der Waals surface area contributed by atoms with E-state index in [0.717, 1.165) is 36.3 Å². The summed E-state index contributed by atoms with van der Waals surface area (Å²) >= 11 is 1.66. The van der Waals surface area contributed by atoms with Gasteiger partial charge in [0, 0.05) is 48.6 Å². The number of anilines is 1. The quantitative estimate of drug-likeness (QED) is 0.769. The lowest BCUT2D eigenvalue weighted by Crippen LogP contribution is -2.48. The van der Waals surface area contributed by atoms with E-state index in [2.05, 4.69) is 5.32 Å². The molecule has 1 atom stereocenters. The Labute approximate surface area is 170 Å². The molecule has 0 aromatic heterocycles. The minimum Gasteiger partial charge on any atom is -0.353 e. The van der Waals surface area contributed by atoms with Gasteiger partial charge in [0.1, 0.15) is 0 Å². The van der Waals surface area contributed by atoms with Gasteiger partial charge in [-0.05, 0) is 56.2 Å². The molecule has 1 aromatic rings. The van der Waals surface area contributed by atoms with Crippen LogP contribution in [0.3, 0.4) is 0 Å². The average molecular weight is 402 g/mol. The fraction of sp³-hybridized carbons (Fsp3) is 0.571. The van der Waals surface area contributed by atoms with E-state index in [1.165, 1.54) is 0 Å². The molecule has 1 saturated carbocycles. The van der Waals surface area contributed by atoms with Gasteiger partial charge in [0.05, 0.1) is 5.92 Å². The first kappa shape index (κ1) is 19.3. The summed E-state index contributed by atoms with van der Waals surface area (Å²) in [4.78, 5) is 42.1. The lowest BCUT2D eigenvalue weighted by Gasteiger charge is -2.33. The fourth-order valence-electron chi connectivity index (χ4n) is 4.05. The molecule has 150 valence electrons. The normalized spacial score (nSPS) is 23.2. The van der Waals surface area contributed by atoms with Gasteiger partial charge in [-0.25, -0.2) is 0 Å². The van der Waals surface area contributed by atoms with E-state index < -0.39 is 0 Å². The van der Waals surface area contributed by atoms with Crippen LogP contribution in [-0.4, -0.2) is 54.6 Å². The Morgan fingerprint density at radius 3 is 2.32 bits per heavy atom. The maximum absolute atomic E-state index is 12.9. The summed E-state index contributed by atoms with van der Waals surface area (Å²) < 4.78 is 0. The summed E-state index contributed by atoms with van der Waals surface area (Å²) in [5, 5.41) is 3.11. The number of nitrogens with zero attached hydrogens (tertiary/aromatic N) is 2. The van der Waals surface area contributed by atoms with Crippen LogP contribution < -0.4 is 10.2 Å². The molecule has 4 rings (SSSR count). The minimum atomic E-state index is -0.273. The third kappa shape index (κ3) is 4.19. The van der Waals surface area contributed by atoms with Crippen molar-refractivity contribution < 1.29 is 14.4 Å². The van der Waals surface area contributed by atoms with Crippen molar-refractivity contribution in [2.75, 3.05) is 30.8 Å². The number of benzene rings is 1. The average Bonchev–Trinajstić information content (AvgIpc) is 3.50. The molecule has 0 bridgehead atoms. The Hall–Kier alpha value is -2.02. The fourth-order valence-corrected chi connectivity index (χ4v) is 4.46. The molecule has 2 saturated heterocycles. The number of hydrogen-bond acceptors (Lipinski definition) is 4. The van der Waals surface area contributed by atoms with Gasteiger partial charge >= 0.3 is 0 Å². The third-order valence-corrected chi connectivity index (χ3v) is 6.70. The summed E-state index contributed by atoms with van der Waals surface area (Å²) in [6.07, 6.45) is 5.91. The van der Waals surface area contributed by atoms with E-state index >= 15 is 0 Å². The molecule has 3 aliphatic rings. The first-order valence-electron chi connectivity index (χ1n) is 10.1. The van der Waals surface area contributed by atoms with Crippen LogP contribution in [0.25, 0.3) is 0 Å². The zero-order chi connectivity index (χ0) is 19.7. The Kier molecular flexibility index (Phi) is 5.62. The summed E-state index contributed by atoms with van der Waals surface area (Å²) in [6, 6.07) is 8.08. The van der Waals surface area contributed by atoms with Crippen molar-refractivity contribution in [2.24, 2.45) is 11.8 Å². The van der Waals surface area contributed by atoms with Gasteiger partial charge in [-0.2, -0.15) is 0 Å². The van der Waals surface area contributed by atoms with Crippen LogP contribution in [0.5, 0.6) is 0 Å². The van der Waals surface area contributed by atoms with Gasteiger partial charge in [-0.1, -0.05) is 0 Å². The number of carbonyl (C=O) groups excluding carboxylic acids is 3. The molecule has 1 aliphatic carbocycles. The van der Waals surface area contributed by atoms with Crippen molar-refractivity contribution in [2.45, 2.75) is 43.0 Å². The van der Waals surface area contributed by atoms with Gasteiger partial charge < -0.3 is 15.1 Å². The van der Waals surface area contributed by atoms with Crippen LogP contribution in [0, 0.1) is 11.8 Å². The Morgan fingerprint density at radius 2 is 1.71 bits per heavy atom. The summed E-state index contributed by atoms with van der Waals surface area (Å²) in [5.41, 5.74) is 0.861. The molecule has 0 radical (unpaired) electrons. The predicted molar refractivity (Wildman–Crippen MR) is 109 cm³/mol. The predicted octanol–water partition coefficient (Wildman–Crippen LogP) is 2.28. The van der Waals surface area contributed by atoms with Crippen molar-refractivity contribution >= 4 is 35.2 Å². The Balaban J connectivity index is 1.30. The highest BCUT2D eigenvalue weighted by atomic mass is 32.2. The second-order valence-corrected chi connectivity index (χ2v) is 8.87. The first-order chi connectivity index (χ1) is 13.5. The summed E-state index contributed by atoms with van der Waals surface area (Å²) in [7, 11) is 0. The second-order valence-electron chi connectivity index (χ2n) is 7.99. The lowest BCUT2D eigenvalue weighted by atomic mass is 10.0. The molecule has 0 spiro atoms. The molecule has 3 fully saturated rings. The molecule has 3 amide bonds. The monoisotopic (exact) mass is 401 g/mol. The SMILES string of the molecule is CSc1ccc(N2CC(C(=O)N3CCC(NC(=O)C4CC4)CC3)CC2=O)cc1. The highest BCUT2D eigenvalue weighted by Crippen LogP contribution is 2.30. The van der Waals surface area contributed by atoms with Crippen molar-refractivity contribution in [1.82, 2.24) is 10.2 Å². The largest absolute Gasteiger partial charge is 0.353 e. The standard InChI is InChI=1S/C21H27N3O3S/c1-28-18-6-4-17(5-7-18)24-13-15(12-19(24)25)21(27)23-10-8-16(9-11-23)22-20(26)14-2-3-14/h4-7,14-16H,2-3,8-13H2,1H3,(H,22,26). The van der Waals surface area contributed by atoms with Crippen LogP contribution >= 0.6 is 11.8 Å². The summed E-state index contributed by atoms with van der Waals surface area (Å²) in [6.45, 7) is 1.76. The van der Waals surface area contributed by atoms with E-state index in [9.17, 15) is 14.4 Å². The molecule has 2 heterocycles. The number of piperidine rings is 1. The van der Waals surface area contributed by atoms with Gasteiger partial charge in [0.25, 0.3) is 0 Å².